The smallest absolute Gasteiger partial charge is 0.406 e. The number of carbonyl (C=O) groups excluding carboxylic acids is 1. The molecule has 0 spiro atoms. The fraction of sp³-hybridized carbons (Fsp3) is 0.333. The van der Waals surface area contributed by atoms with Crippen LogP contribution < -0.4 is 15.4 Å². The van der Waals surface area contributed by atoms with Crippen molar-refractivity contribution in [3.8, 4) is 5.75 Å². The molecule has 0 atom stereocenters. The molecule has 1 saturated heterocycles. The van der Waals surface area contributed by atoms with E-state index in [2.05, 4.69) is 9.64 Å². The Bertz CT molecular complexity index is 928. The van der Waals surface area contributed by atoms with Gasteiger partial charge in [-0.15, -0.1) is 13.2 Å². The average molecular weight is 437 g/mol. The van der Waals surface area contributed by atoms with Gasteiger partial charge in [-0.3, -0.25) is 9.69 Å². The van der Waals surface area contributed by atoms with E-state index in [9.17, 15) is 18.0 Å². The van der Waals surface area contributed by atoms with Gasteiger partial charge in [0.2, 0.25) is 0 Å². The first-order valence-electron chi connectivity index (χ1n) is 9.42. The summed E-state index contributed by atoms with van der Waals surface area (Å²) in [6.07, 6.45) is -3.24. The lowest BCUT2D eigenvalue weighted by Crippen LogP contribution is -2.34. The van der Waals surface area contributed by atoms with Crippen LogP contribution in [0.2, 0.25) is 0 Å². The number of rotatable bonds is 5. The van der Waals surface area contributed by atoms with Crippen molar-refractivity contribution in [3.63, 3.8) is 0 Å². The first-order valence-corrected chi connectivity index (χ1v) is 9.83. The third kappa shape index (κ3) is 5.48. The van der Waals surface area contributed by atoms with Crippen molar-refractivity contribution in [3.05, 3.63) is 54.1 Å². The van der Waals surface area contributed by atoms with E-state index in [0.29, 0.717) is 16.9 Å². The Hall–Kier alpha value is -2.65. The number of nitrogens with zero attached hydrogens (tertiary/aromatic N) is 2. The molecular formula is C21H22F3N3O2S. The van der Waals surface area contributed by atoms with Crippen LogP contribution >= 0.6 is 12.2 Å². The van der Waals surface area contributed by atoms with Gasteiger partial charge in [0, 0.05) is 23.2 Å². The summed E-state index contributed by atoms with van der Waals surface area (Å²) in [5.74, 6) is -0.403. The van der Waals surface area contributed by atoms with E-state index in [0.717, 1.165) is 25.9 Å². The van der Waals surface area contributed by atoms with Crippen molar-refractivity contribution in [2.45, 2.75) is 19.2 Å². The van der Waals surface area contributed by atoms with Crippen LogP contribution in [-0.2, 0) is 0 Å². The number of ether oxygens (including phenoxy) is 1. The molecule has 0 amide bonds. The Labute approximate surface area is 178 Å². The SMILES string of the molecule is CN1CCC(C(=O)c2cccc(N(C(N)=S)c3cccc(OC(F)(F)F)c3)c2)CC1. The number of hydrogen-bond acceptors (Lipinski definition) is 4. The maximum Gasteiger partial charge on any atom is 0.573 e. The van der Waals surface area contributed by atoms with E-state index in [1.807, 2.05) is 7.05 Å². The molecule has 3 rings (SSSR count). The lowest BCUT2D eigenvalue weighted by molar-refractivity contribution is -0.274. The molecule has 9 heteroatoms. The lowest BCUT2D eigenvalue weighted by atomic mass is 9.89. The lowest BCUT2D eigenvalue weighted by Gasteiger charge is -2.28. The molecule has 0 aromatic heterocycles. The summed E-state index contributed by atoms with van der Waals surface area (Å²) in [6, 6.07) is 12.2. The largest absolute Gasteiger partial charge is 0.573 e. The molecule has 1 heterocycles. The number of hydrogen-bond donors (Lipinski definition) is 1. The first kappa shape index (κ1) is 22.0. The molecule has 0 radical (unpaired) electrons. The molecule has 1 fully saturated rings. The maximum atomic E-state index is 13.0. The van der Waals surface area contributed by atoms with Crippen LogP contribution in [0.25, 0.3) is 0 Å². The van der Waals surface area contributed by atoms with Crippen molar-refractivity contribution in [1.29, 1.82) is 0 Å². The van der Waals surface area contributed by atoms with E-state index in [4.69, 9.17) is 18.0 Å². The van der Waals surface area contributed by atoms with Gasteiger partial charge in [0.1, 0.15) is 5.75 Å². The summed E-state index contributed by atoms with van der Waals surface area (Å²) < 4.78 is 41.7. The Morgan fingerprint density at radius 1 is 1.13 bits per heavy atom. The fourth-order valence-corrected chi connectivity index (χ4v) is 3.74. The predicted molar refractivity (Wildman–Crippen MR) is 113 cm³/mol. The van der Waals surface area contributed by atoms with Crippen molar-refractivity contribution >= 4 is 34.5 Å². The molecule has 0 saturated carbocycles. The van der Waals surface area contributed by atoms with E-state index < -0.39 is 6.36 Å². The van der Waals surface area contributed by atoms with E-state index in [1.165, 1.54) is 23.1 Å². The number of likely N-dealkylation sites (tertiary alicyclic amines) is 1. The quantitative estimate of drug-likeness (QED) is 0.549. The second-order valence-electron chi connectivity index (χ2n) is 7.21. The number of halogens is 3. The molecule has 2 aromatic carbocycles. The average Bonchev–Trinajstić information content (AvgIpc) is 2.67. The summed E-state index contributed by atoms with van der Waals surface area (Å²) in [7, 11) is 2.03. The summed E-state index contributed by atoms with van der Waals surface area (Å²) in [5.41, 5.74) is 7.18. The molecule has 0 bridgehead atoms. The van der Waals surface area contributed by atoms with Crippen LogP contribution in [0.1, 0.15) is 23.2 Å². The monoisotopic (exact) mass is 437 g/mol. The van der Waals surface area contributed by atoms with Crippen LogP contribution in [-0.4, -0.2) is 42.3 Å². The van der Waals surface area contributed by atoms with Gasteiger partial charge in [0.25, 0.3) is 0 Å². The first-order chi connectivity index (χ1) is 14.1. The number of benzene rings is 2. The number of piperidine rings is 1. The zero-order valence-electron chi connectivity index (χ0n) is 16.4. The molecule has 2 aromatic rings. The summed E-state index contributed by atoms with van der Waals surface area (Å²) in [4.78, 5) is 16.5. The Morgan fingerprint density at radius 3 is 2.33 bits per heavy atom. The predicted octanol–water partition coefficient (Wildman–Crippen LogP) is 4.49. The van der Waals surface area contributed by atoms with Crippen LogP contribution in [0.15, 0.2) is 48.5 Å². The minimum absolute atomic E-state index is 0.0435. The number of carbonyl (C=O) groups is 1. The number of nitrogens with two attached hydrogens (primary N) is 1. The number of alkyl halides is 3. The number of Topliss-reactive ketones (excluding diaryl/α,β-unsaturated/α-hetero) is 1. The minimum atomic E-state index is -4.81. The molecule has 1 aliphatic rings. The van der Waals surface area contributed by atoms with Gasteiger partial charge < -0.3 is 15.4 Å². The number of ketones is 1. The van der Waals surface area contributed by atoms with Gasteiger partial charge in [0.15, 0.2) is 10.9 Å². The van der Waals surface area contributed by atoms with Gasteiger partial charge in [-0.05, 0) is 69.5 Å². The topological polar surface area (TPSA) is 58.8 Å². The Kier molecular flexibility index (Phi) is 6.62. The summed E-state index contributed by atoms with van der Waals surface area (Å²) >= 11 is 5.13. The van der Waals surface area contributed by atoms with Crippen LogP contribution in [0.4, 0.5) is 24.5 Å². The molecule has 30 heavy (non-hydrogen) atoms. The number of thiocarbonyl (C=S) groups is 1. The van der Waals surface area contributed by atoms with Gasteiger partial charge in [-0.2, -0.15) is 0 Å². The normalized spacial score (nSPS) is 15.6. The zero-order valence-corrected chi connectivity index (χ0v) is 17.2. The third-order valence-electron chi connectivity index (χ3n) is 5.01. The molecule has 0 unspecified atom stereocenters. The highest BCUT2D eigenvalue weighted by Crippen LogP contribution is 2.32. The highest BCUT2D eigenvalue weighted by atomic mass is 32.1. The number of anilines is 2. The fourth-order valence-electron chi connectivity index (χ4n) is 3.53. The molecule has 160 valence electrons. The van der Waals surface area contributed by atoms with Crippen molar-refractivity contribution in [2.75, 3.05) is 25.0 Å². The Morgan fingerprint density at radius 2 is 1.73 bits per heavy atom. The zero-order chi connectivity index (χ0) is 21.9. The van der Waals surface area contributed by atoms with Crippen LogP contribution in [0, 0.1) is 5.92 Å². The summed E-state index contributed by atoms with van der Waals surface area (Å²) in [5, 5.41) is -0.0666. The second-order valence-corrected chi connectivity index (χ2v) is 7.63. The molecule has 1 aliphatic heterocycles. The molecular weight excluding hydrogens is 415 g/mol. The van der Waals surface area contributed by atoms with Gasteiger partial charge in [-0.25, -0.2) is 0 Å². The Balaban J connectivity index is 1.89. The van der Waals surface area contributed by atoms with Crippen molar-refractivity contribution in [1.82, 2.24) is 4.90 Å². The summed E-state index contributed by atoms with van der Waals surface area (Å²) in [6.45, 7) is 1.72. The van der Waals surface area contributed by atoms with Gasteiger partial charge in [0.05, 0.1) is 5.69 Å². The maximum absolute atomic E-state index is 13.0. The minimum Gasteiger partial charge on any atom is -0.406 e. The van der Waals surface area contributed by atoms with Crippen LogP contribution in [0.3, 0.4) is 0 Å². The van der Waals surface area contributed by atoms with Crippen LogP contribution in [0.5, 0.6) is 5.75 Å². The van der Waals surface area contributed by atoms with E-state index >= 15 is 0 Å². The van der Waals surface area contributed by atoms with Gasteiger partial charge in [-0.1, -0.05) is 18.2 Å². The molecule has 5 nitrogen and oxygen atoms in total. The second kappa shape index (κ2) is 9.01. The standard InChI is InChI=1S/C21H22F3N3O2S/c1-26-10-8-14(9-11-26)19(28)15-4-2-5-16(12-15)27(20(25)30)17-6-3-7-18(13-17)29-21(22,23)24/h2-7,12-14H,8-11H2,1H3,(H2,25,30). The van der Waals surface area contributed by atoms with Crippen molar-refractivity contribution < 1.29 is 22.7 Å². The van der Waals surface area contributed by atoms with E-state index in [-0.39, 0.29) is 22.6 Å². The molecule has 2 N–H and O–H groups in total. The molecule has 0 aliphatic carbocycles. The highest BCUT2D eigenvalue weighted by Gasteiger charge is 2.31. The van der Waals surface area contributed by atoms with Crippen molar-refractivity contribution in [2.24, 2.45) is 11.7 Å². The van der Waals surface area contributed by atoms with E-state index in [1.54, 1.807) is 30.3 Å². The third-order valence-corrected chi connectivity index (χ3v) is 5.19. The van der Waals surface area contributed by atoms with Gasteiger partial charge >= 0.3 is 6.36 Å². The highest BCUT2D eigenvalue weighted by molar-refractivity contribution is 7.80.